The third-order valence-electron chi connectivity index (χ3n) is 4.23. The van der Waals surface area contributed by atoms with Crippen LogP contribution in [0.15, 0.2) is 24.3 Å². The first-order valence-corrected chi connectivity index (χ1v) is 7.19. The topological polar surface area (TPSA) is 57.6 Å². The summed E-state index contributed by atoms with van der Waals surface area (Å²) < 4.78 is 13.3. The molecule has 3 unspecified atom stereocenters. The van der Waals surface area contributed by atoms with Crippen molar-refractivity contribution in [2.45, 2.75) is 38.6 Å². The van der Waals surface area contributed by atoms with Gasteiger partial charge in [-0.05, 0) is 44.4 Å². The highest BCUT2D eigenvalue weighted by Crippen LogP contribution is 2.27. The molecule has 1 aliphatic rings. The first kappa shape index (κ1) is 15.5. The zero-order chi connectivity index (χ0) is 15.6. The van der Waals surface area contributed by atoms with Gasteiger partial charge in [-0.3, -0.25) is 9.59 Å². The highest BCUT2D eigenvalue weighted by atomic mass is 19.1. The maximum Gasteiger partial charge on any atom is 0.308 e. The summed E-state index contributed by atoms with van der Waals surface area (Å²) >= 11 is 0. The van der Waals surface area contributed by atoms with Gasteiger partial charge in [0.05, 0.1) is 11.8 Å². The van der Waals surface area contributed by atoms with Crippen molar-refractivity contribution in [3.05, 3.63) is 35.6 Å². The van der Waals surface area contributed by atoms with Crippen LogP contribution in [-0.4, -0.2) is 34.5 Å². The molecule has 1 N–H and O–H groups in total. The lowest BCUT2D eigenvalue weighted by Gasteiger charge is -2.38. The molecule has 1 saturated heterocycles. The molecule has 1 aromatic carbocycles. The van der Waals surface area contributed by atoms with Gasteiger partial charge in [-0.1, -0.05) is 12.1 Å². The van der Waals surface area contributed by atoms with Crippen molar-refractivity contribution in [3.63, 3.8) is 0 Å². The second kappa shape index (κ2) is 6.24. The number of likely N-dealkylation sites (tertiary alicyclic amines) is 1. The van der Waals surface area contributed by atoms with E-state index in [0.29, 0.717) is 18.4 Å². The van der Waals surface area contributed by atoms with Crippen LogP contribution in [0.25, 0.3) is 0 Å². The molecule has 1 heterocycles. The average molecular weight is 293 g/mol. The largest absolute Gasteiger partial charge is 0.481 e. The molecule has 5 heteroatoms. The van der Waals surface area contributed by atoms with Gasteiger partial charge < -0.3 is 10.0 Å². The molecule has 3 atom stereocenters. The Morgan fingerprint density at radius 3 is 2.71 bits per heavy atom. The Morgan fingerprint density at radius 1 is 1.38 bits per heavy atom. The maximum absolute atomic E-state index is 13.3. The fraction of sp³-hybridized carbons (Fsp3) is 0.500. The van der Waals surface area contributed by atoms with Crippen molar-refractivity contribution in [3.8, 4) is 0 Å². The van der Waals surface area contributed by atoms with Crippen LogP contribution in [0.1, 0.15) is 38.2 Å². The highest BCUT2D eigenvalue weighted by Gasteiger charge is 2.34. The maximum atomic E-state index is 13.3. The van der Waals surface area contributed by atoms with Crippen molar-refractivity contribution in [2.24, 2.45) is 5.92 Å². The van der Waals surface area contributed by atoms with Crippen LogP contribution in [-0.2, 0) is 9.59 Å². The van der Waals surface area contributed by atoms with Crippen molar-refractivity contribution >= 4 is 11.9 Å². The minimum absolute atomic E-state index is 0.0177. The fourth-order valence-corrected chi connectivity index (χ4v) is 2.78. The summed E-state index contributed by atoms with van der Waals surface area (Å²) in [6.45, 7) is 3.89. The van der Waals surface area contributed by atoms with Gasteiger partial charge in [-0.2, -0.15) is 0 Å². The van der Waals surface area contributed by atoms with Crippen LogP contribution >= 0.6 is 0 Å². The van der Waals surface area contributed by atoms with E-state index in [0.717, 1.165) is 0 Å². The predicted molar refractivity (Wildman–Crippen MR) is 76.3 cm³/mol. The lowest BCUT2D eigenvalue weighted by molar-refractivity contribution is -0.147. The number of halogens is 1. The van der Waals surface area contributed by atoms with Crippen LogP contribution in [0.2, 0.25) is 0 Å². The van der Waals surface area contributed by atoms with Gasteiger partial charge in [0.15, 0.2) is 0 Å². The number of aliphatic carboxylic acids is 1. The first-order chi connectivity index (χ1) is 9.90. The number of carboxylic acid groups (broad SMARTS) is 1. The Labute approximate surface area is 123 Å². The zero-order valence-corrected chi connectivity index (χ0v) is 12.3. The average Bonchev–Trinajstić information content (AvgIpc) is 2.46. The molecule has 0 spiro atoms. The Hall–Kier alpha value is -1.91. The Bertz CT molecular complexity index is 546. The van der Waals surface area contributed by atoms with Gasteiger partial charge in [0, 0.05) is 12.6 Å². The van der Waals surface area contributed by atoms with Gasteiger partial charge in [0.2, 0.25) is 5.91 Å². The van der Waals surface area contributed by atoms with E-state index >= 15 is 0 Å². The molecule has 1 amide bonds. The molecular weight excluding hydrogens is 273 g/mol. The number of hydrogen-bond acceptors (Lipinski definition) is 2. The number of amides is 1. The minimum Gasteiger partial charge on any atom is -0.481 e. The molecule has 0 radical (unpaired) electrons. The van der Waals surface area contributed by atoms with E-state index in [1.807, 2.05) is 6.92 Å². The van der Waals surface area contributed by atoms with Gasteiger partial charge in [0.1, 0.15) is 5.82 Å². The molecule has 1 fully saturated rings. The Morgan fingerprint density at radius 2 is 2.10 bits per heavy atom. The highest BCUT2D eigenvalue weighted by molar-refractivity contribution is 5.84. The van der Waals surface area contributed by atoms with E-state index in [2.05, 4.69) is 0 Å². The lowest BCUT2D eigenvalue weighted by Crippen LogP contribution is -2.48. The fourth-order valence-electron chi connectivity index (χ4n) is 2.78. The minimum atomic E-state index is -0.863. The number of carbonyl (C=O) groups excluding carboxylic acids is 1. The summed E-state index contributed by atoms with van der Waals surface area (Å²) in [5.74, 6) is -2.36. The SMILES string of the molecule is CC(C(=O)N1CC(C(=O)O)CCC1C)c1cccc(F)c1. The van der Waals surface area contributed by atoms with Crippen LogP contribution in [0.3, 0.4) is 0 Å². The summed E-state index contributed by atoms with van der Waals surface area (Å²) in [5, 5.41) is 9.13. The van der Waals surface area contributed by atoms with E-state index in [1.165, 1.54) is 12.1 Å². The van der Waals surface area contributed by atoms with Crippen LogP contribution in [0, 0.1) is 11.7 Å². The number of benzene rings is 1. The second-order valence-electron chi connectivity index (χ2n) is 5.73. The standard InChI is InChI=1S/C16H20FNO3/c1-10-6-7-13(16(20)21)9-18(10)15(19)11(2)12-4-3-5-14(17)8-12/h3-5,8,10-11,13H,6-7,9H2,1-2H3,(H,20,21). The lowest BCUT2D eigenvalue weighted by atomic mass is 9.91. The van der Waals surface area contributed by atoms with Crippen molar-refractivity contribution < 1.29 is 19.1 Å². The summed E-state index contributed by atoms with van der Waals surface area (Å²) in [6, 6.07) is 6.00. The van der Waals surface area contributed by atoms with Crippen LogP contribution in [0.5, 0.6) is 0 Å². The van der Waals surface area contributed by atoms with E-state index in [-0.39, 0.29) is 24.3 Å². The molecule has 1 aliphatic heterocycles. The number of piperidine rings is 1. The number of rotatable bonds is 3. The molecule has 21 heavy (non-hydrogen) atoms. The summed E-state index contributed by atoms with van der Waals surface area (Å²) in [5.41, 5.74) is 0.615. The molecule has 0 saturated carbocycles. The smallest absolute Gasteiger partial charge is 0.308 e. The first-order valence-electron chi connectivity index (χ1n) is 7.19. The normalized spacial score (nSPS) is 23.7. The molecule has 1 aromatic rings. The van der Waals surface area contributed by atoms with Crippen molar-refractivity contribution in [1.82, 2.24) is 4.90 Å². The van der Waals surface area contributed by atoms with Gasteiger partial charge >= 0.3 is 5.97 Å². The van der Waals surface area contributed by atoms with E-state index in [9.17, 15) is 14.0 Å². The molecule has 0 aliphatic carbocycles. The second-order valence-corrected chi connectivity index (χ2v) is 5.73. The van der Waals surface area contributed by atoms with Crippen LogP contribution < -0.4 is 0 Å². The van der Waals surface area contributed by atoms with Gasteiger partial charge in [-0.25, -0.2) is 4.39 Å². The van der Waals surface area contributed by atoms with Crippen molar-refractivity contribution in [1.29, 1.82) is 0 Å². The van der Waals surface area contributed by atoms with Gasteiger partial charge in [0.25, 0.3) is 0 Å². The number of carbonyl (C=O) groups is 2. The molecule has 2 rings (SSSR count). The molecular formula is C16H20FNO3. The number of carboxylic acids is 1. The molecule has 4 nitrogen and oxygen atoms in total. The molecule has 0 bridgehead atoms. The van der Waals surface area contributed by atoms with E-state index in [4.69, 9.17) is 5.11 Å². The molecule has 0 aromatic heterocycles. The Balaban J connectivity index is 2.15. The van der Waals surface area contributed by atoms with Crippen molar-refractivity contribution in [2.75, 3.05) is 6.54 Å². The van der Waals surface area contributed by atoms with Crippen LogP contribution in [0.4, 0.5) is 4.39 Å². The summed E-state index contributed by atoms with van der Waals surface area (Å²) in [4.78, 5) is 25.3. The third-order valence-corrected chi connectivity index (χ3v) is 4.23. The number of hydrogen-bond donors (Lipinski definition) is 1. The van der Waals surface area contributed by atoms with E-state index < -0.39 is 17.8 Å². The summed E-state index contributed by atoms with van der Waals surface area (Å²) in [6.07, 6.45) is 1.27. The zero-order valence-electron chi connectivity index (χ0n) is 12.3. The molecule has 114 valence electrons. The summed E-state index contributed by atoms with van der Waals surface area (Å²) in [7, 11) is 0. The predicted octanol–water partition coefficient (Wildman–Crippen LogP) is 2.64. The number of nitrogens with zero attached hydrogens (tertiary/aromatic N) is 1. The Kier molecular flexibility index (Phi) is 4.60. The van der Waals surface area contributed by atoms with Gasteiger partial charge in [-0.15, -0.1) is 0 Å². The quantitative estimate of drug-likeness (QED) is 0.932. The van der Waals surface area contributed by atoms with E-state index in [1.54, 1.807) is 24.0 Å². The monoisotopic (exact) mass is 293 g/mol. The third kappa shape index (κ3) is 3.40.